The second kappa shape index (κ2) is 4.45. The van der Waals surface area contributed by atoms with Crippen LogP contribution < -0.4 is 0 Å². The Morgan fingerprint density at radius 3 is 2.33 bits per heavy atom. The number of rotatable bonds is 4. The second-order valence-corrected chi connectivity index (χ2v) is 2.51. The van der Waals surface area contributed by atoms with Crippen molar-refractivity contribution in [2.75, 3.05) is 0 Å². The summed E-state index contributed by atoms with van der Waals surface area (Å²) in [5.74, 6) is -0.741. The molecule has 12 heavy (non-hydrogen) atoms. The Bertz CT molecular complexity index is 153. The third-order valence-electron chi connectivity index (χ3n) is 1.41. The first-order valence-electron chi connectivity index (χ1n) is 3.64. The minimum absolute atomic E-state index is 0.163. The van der Waals surface area contributed by atoms with E-state index in [2.05, 4.69) is 0 Å². The Morgan fingerprint density at radius 1 is 1.50 bits per heavy atom. The molecule has 0 saturated heterocycles. The van der Waals surface area contributed by atoms with Gasteiger partial charge < -0.3 is 5.11 Å². The van der Waals surface area contributed by atoms with E-state index in [-0.39, 0.29) is 6.42 Å². The van der Waals surface area contributed by atoms with Crippen molar-refractivity contribution in [2.45, 2.75) is 38.5 Å². The molecule has 5 heteroatoms. The number of carbonyl (C=O) groups excluding carboxylic acids is 1. The number of hydrogen-bond donors (Lipinski definition) is 1. The molecule has 0 spiro atoms. The minimum Gasteiger partial charge on any atom is -0.385 e. The lowest BCUT2D eigenvalue weighted by molar-refractivity contribution is -0.146. The molecule has 0 aromatic heterocycles. The number of Topliss-reactive ketones (excluding diaryl/α,β-unsaturated/α-hetero) is 1. The largest absolute Gasteiger partial charge is 0.389 e. The molecule has 72 valence electrons. The van der Waals surface area contributed by atoms with Gasteiger partial charge in [-0.1, -0.05) is 6.92 Å². The van der Waals surface area contributed by atoms with Gasteiger partial charge in [-0.15, -0.1) is 0 Å². The first-order valence-corrected chi connectivity index (χ1v) is 3.64. The molecule has 0 radical (unpaired) electrons. The number of carbonyl (C=O) groups is 1. The third kappa shape index (κ3) is 5.12. The fourth-order valence-corrected chi connectivity index (χ4v) is 0.659. The number of halogens is 3. The van der Waals surface area contributed by atoms with Crippen LogP contribution in [0, 0.1) is 0 Å². The van der Waals surface area contributed by atoms with Gasteiger partial charge in [0.1, 0.15) is 6.10 Å². The van der Waals surface area contributed by atoms with Crippen molar-refractivity contribution < 1.29 is 23.1 Å². The van der Waals surface area contributed by atoms with E-state index in [9.17, 15) is 18.0 Å². The predicted molar refractivity (Wildman–Crippen MR) is 36.6 cm³/mol. The SMILES string of the molecule is CCC(O)C(=O)CCC(F)(F)F. The molecule has 0 aromatic rings. The van der Waals surface area contributed by atoms with Crippen LogP contribution in [0.3, 0.4) is 0 Å². The van der Waals surface area contributed by atoms with Gasteiger partial charge >= 0.3 is 6.18 Å². The van der Waals surface area contributed by atoms with E-state index in [0.29, 0.717) is 0 Å². The zero-order chi connectivity index (χ0) is 9.78. The zero-order valence-electron chi connectivity index (χ0n) is 6.69. The average Bonchev–Trinajstić information content (AvgIpc) is 1.97. The lowest BCUT2D eigenvalue weighted by atomic mass is 10.1. The molecular weight excluding hydrogens is 173 g/mol. The zero-order valence-corrected chi connectivity index (χ0v) is 6.69. The molecule has 1 atom stereocenters. The van der Waals surface area contributed by atoms with Crippen molar-refractivity contribution in [3.05, 3.63) is 0 Å². The topological polar surface area (TPSA) is 37.3 Å². The van der Waals surface area contributed by atoms with Crippen LogP contribution >= 0.6 is 0 Å². The summed E-state index contributed by atoms with van der Waals surface area (Å²) >= 11 is 0. The molecular formula is C7H11F3O2. The molecule has 1 N–H and O–H groups in total. The molecule has 0 bridgehead atoms. The Balaban J connectivity index is 3.72. The summed E-state index contributed by atoms with van der Waals surface area (Å²) in [7, 11) is 0. The van der Waals surface area contributed by atoms with Crippen LogP contribution in [-0.2, 0) is 4.79 Å². The summed E-state index contributed by atoms with van der Waals surface area (Å²) in [5, 5.41) is 8.81. The molecule has 0 amide bonds. The minimum atomic E-state index is -4.32. The standard InChI is InChI=1S/C7H11F3O2/c1-2-5(11)6(12)3-4-7(8,9)10/h5,11H,2-4H2,1H3. The molecule has 0 aromatic carbocycles. The summed E-state index contributed by atoms with van der Waals surface area (Å²) in [6.45, 7) is 1.54. The quantitative estimate of drug-likeness (QED) is 0.721. The summed E-state index contributed by atoms with van der Waals surface area (Å²) in [6, 6.07) is 0. The van der Waals surface area contributed by atoms with Crippen LogP contribution in [0.1, 0.15) is 26.2 Å². The first-order chi connectivity index (χ1) is 5.37. The van der Waals surface area contributed by atoms with Crippen molar-refractivity contribution in [2.24, 2.45) is 0 Å². The van der Waals surface area contributed by atoms with Gasteiger partial charge in [-0.25, -0.2) is 0 Å². The Hall–Kier alpha value is -0.580. The molecule has 1 unspecified atom stereocenters. The maximum atomic E-state index is 11.5. The van der Waals surface area contributed by atoms with E-state index in [4.69, 9.17) is 5.11 Å². The van der Waals surface area contributed by atoms with Gasteiger partial charge in [-0.3, -0.25) is 4.79 Å². The van der Waals surface area contributed by atoms with Crippen LogP contribution in [0.4, 0.5) is 13.2 Å². The van der Waals surface area contributed by atoms with Gasteiger partial charge in [0.05, 0.1) is 6.42 Å². The van der Waals surface area contributed by atoms with E-state index in [1.54, 1.807) is 0 Å². The van der Waals surface area contributed by atoms with Crippen LogP contribution in [0.25, 0.3) is 0 Å². The van der Waals surface area contributed by atoms with Crippen molar-refractivity contribution in [1.29, 1.82) is 0 Å². The Labute approximate surface area is 68.4 Å². The van der Waals surface area contributed by atoms with Crippen LogP contribution in [0.5, 0.6) is 0 Å². The number of hydrogen-bond acceptors (Lipinski definition) is 2. The molecule has 0 saturated carbocycles. The predicted octanol–water partition coefficient (Wildman–Crippen LogP) is 1.67. The maximum absolute atomic E-state index is 11.5. The summed E-state index contributed by atoms with van der Waals surface area (Å²) < 4.78 is 34.6. The highest BCUT2D eigenvalue weighted by molar-refractivity contribution is 5.82. The molecule has 0 aliphatic carbocycles. The fourth-order valence-electron chi connectivity index (χ4n) is 0.659. The van der Waals surface area contributed by atoms with Gasteiger partial charge in [-0.05, 0) is 6.42 Å². The smallest absolute Gasteiger partial charge is 0.385 e. The van der Waals surface area contributed by atoms with Gasteiger partial charge in [0.15, 0.2) is 5.78 Å². The molecule has 2 nitrogen and oxygen atoms in total. The highest BCUT2D eigenvalue weighted by Crippen LogP contribution is 2.21. The molecule has 0 aliphatic heterocycles. The molecule has 0 fully saturated rings. The molecule has 0 rings (SSSR count). The van der Waals surface area contributed by atoms with E-state index >= 15 is 0 Å². The maximum Gasteiger partial charge on any atom is 0.389 e. The summed E-state index contributed by atoms with van der Waals surface area (Å²) in [6.07, 6.45) is -7.17. The summed E-state index contributed by atoms with van der Waals surface area (Å²) in [4.78, 5) is 10.7. The highest BCUT2D eigenvalue weighted by Gasteiger charge is 2.28. The number of aliphatic hydroxyl groups is 1. The Kier molecular flexibility index (Phi) is 4.23. The van der Waals surface area contributed by atoms with E-state index in [1.165, 1.54) is 6.92 Å². The van der Waals surface area contributed by atoms with Crippen molar-refractivity contribution in [1.82, 2.24) is 0 Å². The number of aliphatic hydroxyl groups excluding tert-OH is 1. The van der Waals surface area contributed by atoms with Gasteiger partial charge in [-0.2, -0.15) is 13.2 Å². The van der Waals surface area contributed by atoms with Crippen LogP contribution in [0.2, 0.25) is 0 Å². The normalized spacial score (nSPS) is 14.4. The average molecular weight is 184 g/mol. The Morgan fingerprint density at radius 2 is 2.00 bits per heavy atom. The highest BCUT2D eigenvalue weighted by atomic mass is 19.4. The van der Waals surface area contributed by atoms with E-state index in [0.717, 1.165) is 0 Å². The third-order valence-corrected chi connectivity index (χ3v) is 1.41. The van der Waals surface area contributed by atoms with Crippen LogP contribution in [-0.4, -0.2) is 23.2 Å². The van der Waals surface area contributed by atoms with E-state index in [1.807, 2.05) is 0 Å². The first kappa shape index (κ1) is 11.4. The lowest BCUT2D eigenvalue weighted by Crippen LogP contribution is -2.21. The number of ketones is 1. The molecule has 0 aliphatic rings. The molecule has 0 heterocycles. The van der Waals surface area contributed by atoms with Crippen LogP contribution in [0.15, 0.2) is 0 Å². The van der Waals surface area contributed by atoms with E-state index < -0.39 is 30.9 Å². The number of alkyl halides is 3. The van der Waals surface area contributed by atoms with Crippen molar-refractivity contribution in [3.63, 3.8) is 0 Å². The second-order valence-electron chi connectivity index (χ2n) is 2.51. The fraction of sp³-hybridized carbons (Fsp3) is 0.857. The monoisotopic (exact) mass is 184 g/mol. The van der Waals surface area contributed by atoms with Gasteiger partial charge in [0, 0.05) is 6.42 Å². The van der Waals surface area contributed by atoms with Crippen molar-refractivity contribution >= 4 is 5.78 Å². The summed E-state index contributed by atoms with van der Waals surface area (Å²) in [5.41, 5.74) is 0. The van der Waals surface area contributed by atoms with Gasteiger partial charge in [0.25, 0.3) is 0 Å². The van der Waals surface area contributed by atoms with Gasteiger partial charge in [0.2, 0.25) is 0 Å². The lowest BCUT2D eigenvalue weighted by Gasteiger charge is -2.08. The van der Waals surface area contributed by atoms with Crippen molar-refractivity contribution in [3.8, 4) is 0 Å².